The Labute approximate surface area is 206 Å². The van der Waals surface area contributed by atoms with Gasteiger partial charge in [0.25, 0.3) is 0 Å². The number of hydrogen-bond acceptors (Lipinski definition) is 1. The number of rotatable bonds is 8. The van der Waals surface area contributed by atoms with Gasteiger partial charge in [0.05, 0.1) is 0 Å². The SMILES string of the molecule is CCCCC1CCC2CC(c3ccc(-c4ccc(OCc5ccccc5)cc4)cc3)CCC2C1. The first kappa shape index (κ1) is 23.2. The normalized spacial score (nSPS) is 24.4. The van der Waals surface area contributed by atoms with E-state index >= 15 is 0 Å². The van der Waals surface area contributed by atoms with Crippen molar-refractivity contribution in [3.63, 3.8) is 0 Å². The molecule has 2 fully saturated rings. The van der Waals surface area contributed by atoms with Gasteiger partial charge in [0, 0.05) is 0 Å². The van der Waals surface area contributed by atoms with Crippen LogP contribution in [0.4, 0.5) is 0 Å². The van der Waals surface area contributed by atoms with Gasteiger partial charge in [-0.2, -0.15) is 0 Å². The monoisotopic (exact) mass is 452 g/mol. The highest BCUT2D eigenvalue weighted by Crippen LogP contribution is 2.48. The molecule has 0 radical (unpaired) electrons. The lowest BCUT2D eigenvalue weighted by molar-refractivity contribution is 0.113. The summed E-state index contributed by atoms with van der Waals surface area (Å²) in [6, 6.07) is 28.3. The summed E-state index contributed by atoms with van der Waals surface area (Å²) in [6.07, 6.45) is 13.0. The third-order valence-corrected chi connectivity index (χ3v) is 8.51. The topological polar surface area (TPSA) is 9.23 Å². The quantitative estimate of drug-likeness (QED) is 0.331. The fraction of sp³-hybridized carbons (Fsp3) is 0.455. The van der Waals surface area contributed by atoms with Crippen molar-refractivity contribution in [1.29, 1.82) is 0 Å². The van der Waals surface area contributed by atoms with E-state index in [9.17, 15) is 0 Å². The Morgan fingerprint density at radius 1 is 0.706 bits per heavy atom. The van der Waals surface area contributed by atoms with Crippen LogP contribution in [0, 0.1) is 17.8 Å². The van der Waals surface area contributed by atoms with Gasteiger partial charge in [0.15, 0.2) is 0 Å². The second-order valence-corrected chi connectivity index (χ2v) is 10.8. The smallest absolute Gasteiger partial charge is 0.119 e. The average Bonchev–Trinajstić information content (AvgIpc) is 2.91. The summed E-state index contributed by atoms with van der Waals surface area (Å²) >= 11 is 0. The summed E-state index contributed by atoms with van der Waals surface area (Å²) in [5.74, 6) is 4.68. The van der Waals surface area contributed by atoms with Crippen molar-refractivity contribution in [2.24, 2.45) is 17.8 Å². The standard InChI is InChI=1S/C33H40O/c1-2-3-7-25-10-11-32-23-31(17-16-30(32)22-25)29-14-12-27(13-15-29)28-18-20-33(21-19-28)34-24-26-8-5-4-6-9-26/h4-6,8-9,12-15,18-21,25,30-32H,2-3,7,10-11,16-17,22-24H2,1H3. The molecular formula is C33H40O. The molecular weight excluding hydrogens is 412 g/mol. The molecule has 4 atom stereocenters. The Morgan fingerprint density at radius 3 is 2.12 bits per heavy atom. The molecule has 1 nitrogen and oxygen atoms in total. The van der Waals surface area contributed by atoms with Gasteiger partial charge in [-0.25, -0.2) is 0 Å². The highest BCUT2D eigenvalue weighted by molar-refractivity contribution is 5.64. The van der Waals surface area contributed by atoms with Crippen LogP contribution in [-0.2, 0) is 6.61 Å². The molecule has 4 unspecified atom stereocenters. The van der Waals surface area contributed by atoms with Crippen molar-refractivity contribution < 1.29 is 4.74 Å². The zero-order valence-corrected chi connectivity index (χ0v) is 20.8. The molecule has 178 valence electrons. The molecule has 2 aliphatic carbocycles. The molecule has 3 aromatic rings. The Kier molecular flexibility index (Phi) is 7.69. The van der Waals surface area contributed by atoms with Crippen LogP contribution in [0.25, 0.3) is 11.1 Å². The summed E-state index contributed by atoms with van der Waals surface area (Å²) < 4.78 is 5.95. The fourth-order valence-electron chi connectivity index (χ4n) is 6.48. The van der Waals surface area contributed by atoms with E-state index in [4.69, 9.17) is 4.74 Å². The van der Waals surface area contributed by atoms with Gasteiger partial charge < -0.3 is 4.74 Å². The van der Waals surface area contributed by atoms with Gasteiger partial charge in [-0.3, -0.25) is 0 Å². The van der Waals surface area contributed by atoms with Crippen LogP contribution in [0.1, 0.15) is 81.8 Å². The molecule has 3 aromatic carbocycles. The molecule has 0 spiro atoms. The number of ether oxygens (including phenoxy) is 1. The maximum Gasteiger partial charge on any atom is 0.119 e. The van der Waals surface area contributed by atoms with Gasteiger partial charge in [0.1, 0.15) is 12.4 Å². The van der Waals surface area contributed by atoms with Crippen molar-refractivity contribution in [2.75, 3.05) is 0 Å². The van der Waals surface area contributed by atoms with Gasteiger partial charge in [-0.15, -0.1) is 0 Å². The predicted octanol–water partition coefficient (Wildman–Crippen LogP) is 9.42. The van der Waals surface area contributed by atoms with Crippen LogP contribution in [-0.4, -0.2) is 0 Å². The van der Waals surface area contributed by atoms with E-state index in [-0.39, 0.29) is 0 Å². The van der Waals surface area contributed by atoms with Crippen molar-refractivity contribution in [1.82, 2.24) is 0 Å². The zero-order valence-electron chi connectivity index (χ0n) is 20.8. The highest BCUT2D eigenvalue weighted by atomic mass is 16.5. The van der Waals surface area contributed by atoms with Gasteiger partial charge in [0.2, 0.25) is 0 Å². The number of unbranched alkanes of at least 4 members (excludes halogenated alkanes) is 1. The number of hydrogen-bond donors (Lipinski definition) is 0. The molecule has 0 heterocycles. The van der Waals surface area contributed by atoms with Crippen molar-refractivity contribution >= 4 is 0 Å². The molecule has 1 heteroatoms. The maximum atomic E-state index is 5.95. The van der Waals surface area contributed by atoms with Crippen molar-refractivity contribution in [3.05, 3.63) is 90.0 Å². The maximum absolute atomic E-state index is 5.95. The minimum atomic E-state index is 0.609. The summed E-state index contributed by atoms with van der Waals surface area (Å²) in [6.45, 7) is 2.94. The largest absolute Gasteiger partial charge is 0.489 e. The third kappa shape index (κ3) is 5.74. The third-order valence-electron chi connectivity index (χ3n) is 8.51. The number of benzene rings is 3. The summed E-state index contributed by atoms with van der Waals surface area (Å²) in [4.78, 5) is 0. The van der Waals surface area contributed by atoms with E-state index in [2.05, 4.69) is 79.7 Å². The average molecular weight is 453 g/mol. The summed E-state index contributed by atoms with van der Waals surface area (Å²) in [5, 5.41) is 0. The first-order chi connectivity index (χ1) is 16.8. The van der Waals surface area contributed by atoms with Crippen molar-refractivity contribution in [3.8, 4) is 16.9 Å². The lowest BCUT2D eigenvalue weighted by atomic mass is 9.63. The number of fused-ring (bicyclic) bond motifs is 1. The first-order valence-corrected chi connectivity index (χ1v) is 13.7. The van der Waals surface area contributed by atoms with E-state index in [0.717, 1.165) is 29.4 Å². The molecule has 0 N–H and O–H groups in total. The van der Waals surface area contributed by atoms with Gasteiger partial charge in [-0.1, -0.05) is 99.3 Å². The molecule has 5 rings (SSSR count). The van der Waals surface area contributed by atoms with Crippen molar-refractivity contribution in [2.45, 2.75) is 77.2 Å². The highest BCUT2D eigenvalue weighted by Gasteiger charge is 2.35. The molecule has 34 heavy (non-hydrogen) atoms. The van der Waals surface area contributed by atoms with E-state index in [1.807, 2.05) is 6.07 Å². The zero-order chi connectivity index (χ0) is 23.2. The van der Waals surface area contributed by atoms with Crippen LogP contribution in [0.15, 0.2) is 78.9 Å². The van der Waals surface area contributed by atoms with Crippen LogP contribution in [0.2, 0.25) is 0 Å². The van der Waals surface area contributed by atoms with Crippen LogP contribution >= 0.6 is 0 Å². The van der Waals surface area contributed by atoms with E-state index < -0.39 is 0 Å². The second-order valence-electron chi connectivity index (χ2n) is 10.8. The van der Waals surface area contributed by atoms with E-state index in [0.29, 0.717) is 6.61 Å². The molecule has 0 bridgehead atoms. The molecule has 0 saturated heterocycles. The summed E-state index contributed by atoms with van der Waals surface area (Å²) in [5.41, 5.74) is 5.30. The molecule has 0 aliphatic heterocycles. The van der Waals surface area contributed by atoms with E-state index in [1.165, 1.54) is 74.5 Å². The van der Waals surface area contributed by atoms with Crippen LogP contribution in [0.5, 0.6) is 5.75 Å². The Bertz CT molecular complexity index is 1000. The lowest BCUT2D eigenvalue weighted by Gasteiger charge is -2.42. The molecule has 2 aliphatic rings. The van der Waals surface area contributed by atoms with Crippen LogP contribution < -0.4 is 4.74 Å². The molecule has 0 aromatic heterocycles. The minimum Gasteiger partial charge on any atom is -0.489 e. The minimum absolute atomic E-state index is 0.609. The van der Waals surface area contributed by atoms with Gasteiger partial charge in [-0.05, 0) is 90.2 Å². The second kappa shape index (κ2) is 11.3. The molecule has 0 amide bonds. The van der Waals surface area contributed by atoms with Crippen LogP contribution in [0.3, 0.4) is 0 Å². The first-order valence-electron chi connectivity index (χ1n) is 13.7. The Morgan fingerprint density at radius 2 is 1.38 bits per heavy atom. The van der Waals surface area contributed by atoms with Gasteiger partial charge >= 0.3 is 0 Å². The predicted molar refractivity (Wildman–Crippen MR) is 143 cm³/mol. The fourth-order valence-corrected chi connectivity index (χ4v) is 6.48. The Hall–Kier alpha value is -2.54. The lowest BCUT2D eigenvalue weighted by Crippen LogP contribution is -2.30. The Balaban J connectivity index is 1.15. The summed E-state index contributed by atoms with van der Waals surface area (Å²) in [7, 11) is 0. The van der Waals surface area contributed by atoms with E-state index in [1.54, 1.807) is 5.56 Å². The molecule has 2 saturated carbocycles.